The molecule has 1 heterocycles. The van der Waals surface area contributed by atoms with E-state index in [4.69, 9.17) is 17.3 Å². The predicted molar refractivity (Wildman–Crippen MR) is 70.1 cm³/mol. The lowest BCUT2D eigenvalue weighted by Gasteiger charge is -2.25. The first-order valence-corrected chi connectivity index (χ1v) is 5.98. The van der Waals surface area contributed by atoms with E-state index in [0.717, 1.165) is 12.8 Å². The van der Waals surface area contributed by atoms with Crippen molar-refractivity contribution in [3.05, 3.63) is 22.8 Å². The lowest BCUT2D eigenvalue weighted by molar-refractivity contribution is 0.0904. The van der Waals surface area contributed by atoms with E-state index in [1.165, 1.54) is 0 Å². The Kier molecular flexibility index (Phi) is 4.34. The largest absolute Gasteiger partial charge is 0.384 e. The maximum Gasteiger partial charge on any atom is 0.271 e. The Morgan fingerprint density at radius 1 is 1.53 bits per heavy atom. The van der Waals surface area contributed by atoms with E-state index in [1.54, 1.807) is 12.1 Å². The topological polar surface area (TPSA) is 68.0 Å². The van der Waals surface area contributed by atoms with Crippen LogP contribution < -0.4 is 11.1 Å². The molecular formula is C12H18ClN3O. The highest BCUT2D eigenvalue weighted by molar-refractivity contribution is 6.33. The van der Waals surface area contributed by atoms with Gasteiger partial charge < -0.3 is 11.1 Å². The number of nitrogens with zero attached hydrogens (tertiary/aromatic N) is 1. The Morgan fingerprint density at radius 3 is 2.76 bits per heavy atom. The second-order valence-corrected chi connectivity index (χ2v) is 5.06. The van der Waals surface area contributed by atoms with Gasteiger partial charge >= 0.3 is 0 Å². The molecule has 4 nitrogen and oxygen atoms in total. The van der Waals surface area contributed by atoms with E-state index >= 15 is 0 Å². The van der Waals surface area contributed by atoms with Gasteiger partial charge in [-0.3, -0.25) is 4.79 Å². The molecule has 1 aromatic heterocycles. The number of carbonyl (C=O) groups excluding carboxylic acids is 1. The van der Waals surface area contributed by atoms with Crippen molar-refractivity contribution in [3.8, 4) is 0 Å². The number of aromatic nitrogens is 1. The molecule has 0 fully saturated rings. The van der Waals surface area contributed by atoms with Crippen LogP contribution in [0.2, 0.25) is 5.02 Å². The van der Waals surface area contributed by atoms with E-state index in [9.17, 15) is 4.79 Å². The average Bonchev–Trinajstić information content (AvgIpc) is 2.20. The summed E-state index contributed by atoms with van der Waals surface area (Å²) >= 11 is 5.92. The molecule has 17 heavy (non-hydrogen) atoms. The zero-order valence-electron chi connectivity index (χ0n) is 10.4. The van der Waals surface area contributed by atoms with Crippen molar-refractivity contribution in [2.45, 2.75) is 39.2 Å². The van der Waals surface area contributed by atoms with Crippen molar-refractivity contribution in [1.29, 1.82) is 0 Å². The van der Waals surface area contributed by atoms with Gasteiger partial charge in [-0.05, 0) is 32.4 Å². The molecule has 0 saturated carbocycles. The first-order valence-electron chi connectivity index (χ1n) is 5.60. The van der Waals surface area contributed by atoms with Crippen LogP contribution in [0.1, 0.15) is 44.1 Å². The van der Waals surface area contributed by atoms with Gasteiger partial charge in [0.25, 0.3) is 5.91 Å². The van der Waals surface area contributed by atoms with Crippen molar-refractivity contribution in [1.82, 2.24) is 10.3 Å². The summed E-state index contributed by atoms with van der Waals surface area (Å²) < 4.78 is 0. The van der Waals surface area contributed by atoms with Crippen LogP contribution in [-0.4, -0.2) is 16.4 Å². The smallest absolute Gasteiger partial charge is 0.271 e. The fraction of sp³-hybridized carbons (Fsp3) is 0.500. The van der Waals surface area contributed by atoms with Crippen molar-refractivity contribution < 1.29 is 4.79 Å². The maximum atomic E-state index is 12.0. The van der Waals surface area contributed by atoms with Crippen LogP contribution in [0.15, 0.2) is 12.1 Å². The lowest BCUT2D eigenvalue weighted by Crippen LogP contribution is -2.43. The Morgan fingerprint density at radius 2 is 2.18 bits per heavy atom. The number of hydrogen-bond donors (Lipinski definition) is 2. The highest BCUT2D eigenvalue weighted by Gasteiger charge is 2.22. The summed E-state index contributed by atoms with van der Waals surface area (Å²) in [4.78, 5) is 15.9. The van der Waals surface area contributed by atoms with Crippen molar-refractivity contribution >= 4 is 23.3 Å². The number of carbonyl (C=O) groups is 1. The number of hydrogen-bond acceptors (Lipinski definition) is 3. The molecular weight excluding hydrogens is 238 g/mol. The van der Waals surface area contributed by atoms with Gasteiger partial charge in [-0.15, -0.1) is 0 Å². The summed E-state index contributed by atoms with van der Waals surface area (Å²) in [5.41, 5.74) is 5.44. The van der Waals surface area contributed by atoms with E-state index in [0.29, 0.717) is 5.02 Å². The molecule has 0 bridgehead atoms. The molecule has 0 aliphatic carbocycles. The quantitative estimate of drug-likeness (QED) is 0.869. The normalized spacial score (nSPS) is 11.3. The summed E-state index contributed by atoms with van der Waals surface area (Å²) in [5, 5.41) is 3.21. The van der Waals surface area contributed by atoms with Crippen LogP contribution in [0.5, 0.6) is 0 Å². The Labute approximate surface area is 107 Å². The maximum absolute atomic E-state index is 12.0. The summed E-state index contributed by atoms with van der Waals surface area (Å²) in [7, 11) is 0. The predicted octanol–water partition coefficient (Wildman–Crippen LogP) is 2.63. The molecule has 94 valence electrons. The number of nitrogens with one attached hydrogen (secondary N) is 1. The first-order chi connectivity index (χ1) is 7.85. The SMILES string of the molecule is CCCC(C)(C)NC(=O)c1nc(N)ccc1Cl. The Balaban J connectivity index is 2.86. The fourth-order valence-electron chi connectivity index (χ4n) is 1.67. The molecule has 0 spiro atoms. The first kappa shape index (κ1) is 13.8. The van der Waals surface area contributed by atoms with Crippen molar-refractivity contribution in [2.24, 2.45) is 0 Å². The monoisotopic (exact) mass is 255 g/mol. The fourth-order valence-corrected chi connectivity index (χ4v) is 1.86. The molecule has 0 saturated heterocycles. The number of pyridine rings is 1. The minimum atomic E-state index is -0.291. The Bertz CT molecular complexity index is 418. The number of amides is 1. The molecule has 0 unspecified atom stereocenters. The third-order valence-electron chi connectivity index (χ3n) is 2.41. The molecule has 3 N–H and O–H groups in total. The van der Waals surface area contributed by atoms with E-state index in [-0.39, 0.29) is 23.0 Å². The summed E-state index contributed by atoms with van der Waals surface area (Å²) in [6.07, 6.45) is 1.88. The standard InChI is InChI=1S/C12H18ClN3O/c1-4-7-12(2,3)16-11(17)10-8(13)5-6-9(14)15-10/h5-6H,4,7H2,1-3H3,(H2,14,15)(H,16,17). The number of nitrogen functional groups attached to an aromatic ring is 1. The van der Waals surface area contributed by atoms with Gasteiger partial charge in [0.2, 0.25) is 0 Å². The van der Waals surface area contributed by atoms with Gasteiger partial charge in [-0.1, -0.05) is 24.9 Å². The average molecular weight is 256 g/mol. The second-order valence-electron chi connectivity index (χ2n) is 4.65. The highest BCUT2D eigenvalue weighted by atomic mass is 35.5. The third kappa shape index (κ3) is 3.89. The molecule has 1 amide bonds. The molecule has 1 aromatic rings. The van der Waals surface area contributed by atoms with Crippen molar-refractivity contribution in [2.75, 3.05) is 5.73 Å². The minimum Gasteiger partial charge on any atom is -0.384 e. The number of anilines is 1. The van der Waals surface area contributed by atoms with E-state index < -0.39 is 0 Å². The molecule has 0 aliphatic rings. The van der Waals surface area contributed by atoms with Crippen molar-refractivity contribution in [3.63, 3.8) is 0 Å². The van der Waals surface area contributed by atoms with Gasteiger partial charge in [-0.25, -0.2) is 4.98 Å². The third-order valence-corrected chi connectivity index (χ3v) is 2.71. The van der Waals surface area contributed by atoms with Gasteiger partial charge in [-0.2, -0.15) is 0 Å². The van der Waals surface area contributed by atoms with Gasteiger partial charge in [0.05, 0.1) is 5.02 Å². The van der Waals surface area contributed by atoms with Gasteiger partial charge in [0.15, 0.2) is 0 Å². The van der Waals surface area contributed by atoms with Crippen LogP contribution >= 0.6 is 11.6 Å². The van der Waals surface area contributed by atoms with Gasteiger partial charge in [0, 0.05) is 5.54 Å². The van der Waals surface area contributed by atoms with E-state index in [2.05, 4.69) is 17.2 Å². The number of nitrogens with two attached hydrogens (primary N) is 1. The number of halogens is 1. The van der Waals surface area contributed by atoms with Gasteiger partial charge in [0.1, 0.15) is 11.5 Å². The zero-order valence-corrected chi connectivity index (χ0v) is 11.1. The summed E-state index contributed by atoms with van der Waals surface area (Å²) in [6.45, 7) is 6.00. The van der Waals surface area contributed by atoms with E-state index in [1.807, 2.05) is 13.8 Å². The highest BCUT2D eigenvalue weighted by Crippen LogP contribution is 2.17. The van der Waals surface area contributed by atoms with Crippen LogP contribution in [0.4, 0.5) is 5.82 Å². The molecule has 0 atom stereocenters. The lowest BCUT2D eigenvalue weighted by atomic mass is 9.99. The molecule has 0 aromatic carbocycles. The molecule has 0 aliphatic heterocycles. The number of rotatable bonds is 4. The zero-order chi connectivity index (χ0) is 13.1. The second kappa shape index (κ2) is 5.36. The summed E-state index contributed by atoms with van der Waals surface area (Å²) in [6, 6.07) is 3.14. The molecule has 0 radical (unpaired) electrons. The minimum absolute atomic E-state index is 0.177. The molecule has 1 rings (SSSR count). The van der Waals surface area contributed by atoms with Crippen LogP contribution in [0.3, 0.4) is 0 Å². The van der Waals surface area contributed by atoms with Crippen LogP contribution in [0, 0.1) is 0 Å². The molecule has 5 heteroatoms. The summed E-state index contributed by atoms with van der Waals surface area (Å²) in [5.74, 6) is -0.00593. The van der Waals surface area contributed by atoms with Crippen LogP contribution in [-0.2, 0) is 0 Å². The Hall–Kier alpha value is -1.29. The van der Waals surface area contributed by atoms with Crippen LogP contribution in [0.25, 0.3) is 0 Å².